The molecule has 0 aliphatic heterocycles. The van der Waals surface area contributed by atoms with Crippen molar-refractivity contribution in [3.05, 3.63) is 0 Å². The molecule has 5 aliphatic carbocycles. The normalized spacial score (nSPS) is 47.6. The third kappa shape index (κ3) is 2.70. The van der Waals surface area contributed by atoms with E-state index in [0.29, 0.717) is 16.2 Å². The third-order valence-corrected chi connectivity index (χ3v) is 12.5. The fourth-order valence-electron chi connectivity index (χ4n) is 11.0. The summed E-state index contributed by atoms with van der Waals surface area (Å²) in [6, 6.07) is 0. The van der Waals surface area contributed by atoms with Gasteiger partial charge in [-0.05, 0) is 88.8 Å². The predicted molar refractivity (Wildman–Crippen MR) is 131 cm³/mol. The second kappa shape index (κ2) is 7.80. The highest BCUT2D eigenvalue weighted by atomic mass is 14.9. The van der Waals surface area contributed by atoms with Crippen molar-refractivity contribution in [3.63, 3.8) is 0 Å². The van der Waals surface area contributed by atoms with Gasteiger partial charge >= 0.3 is 0 Å². The van der Waals surface area contributed by atoms with Crippen molar-refractivity contribution in [1.82, 2.24) is 0 Å². The third-order valence-electron chi connectivity index (χ3n) is 12.5. The molecule has 5 saturated carbocycles. The summed E-state index contributed by atoms with van der Waals surface area (Å²) in [5.41, 5.74) is 1.62. The molecule has 4 bridgehead atoms. The van der Waals surface area contributed by atoms with Gasteiger partial charge in [-0.1, -0.05) is 101 Å². The SMILES string of the molecule is CCCCCCCC1(C)C2C3CC(C3C2C(C)C(C)C)C2CC(C)C21C(C)(C)CC. The molecule has 0 radical (unpaired) electrons. The monoisotopic (exact) mass is 414 g/mol. The Balaban J connectivity index is 1.74. The number of hydrogen-bond donors (Lipinski definition) is 0. The van der Waals surface area contributed by atoms with E-state index in [-0.39, 0.29) is 0 Å². The zero-order chi connectivity index (χ0) is 22.1. The maximum absolute atomic E-state index is 2.86. The molecule has 0 amide bonds. The van der Waals surface area contributed by atoms with Crippen LogP contribution >= 0.6 is 0 Å². The van der Waals surface area contributed by atoms with Crippen LogP contribution in [0.2, 0.25) is 0 Å². The quantitative estimate of drug-likeness (QED) is 0.312. The van der Waals surface area contributed by atoms with Gasteiger partial charge < -0.3 is 0 Å². The van der Waals surface area contributed by atoms with Gasteiger partial charge in [-0.15, -0.1) is 0 Å². The van der Waals surface area contributed by atoms with Crippen LogP contribution in [0.1, 0.15) is 120 Å². The van der Waals surface area contributed by atoms with Gasteiger partial charge in [0.1, 0.15) is 0 Å². The van der Waals surface area contributed by atoms with Crippen LogP contribution in [0.3, 0.4) is 0 Å². The average Bonchev–Trinajstić information content (AvgIpc) is 2.80. The lowest BCUT2D eigenvalue weighted by atomic mass is 9.32. The Bertz CT molecular complexity index is 616. The van der Waals surface area contributed by atoms with E-state index < -0.39 is 0 Å². The topological polar surface area (TPSA) is 0 Å². The van der Waals surface area contributed by atoms with Gasteiger partial charge in [-0.3, -0.25) is 0 Å². The van der Waals surface area contributed by atoms with Crippen LogP contribution < -0.4 is 0 Å². The Morgan fingerprint density at radius 2 is 1.60 bits per heavy atom. The predicted octanol–water partition coefficient (Wildman–Crippen LogP) is 9.24. The molecule has 0 aromatic carbocycles. The van der Waals surface area contributed by atoms with Gasteiger partial charge in [0.2, 0.25) is 0 Å². The number of rotatable bonds is 10. The molecule has 0 heterocycles. The Kier molecular flexibility index (Phi) is 6.02. The molecule has 5 aliphatic rings. The Morgan fingerprint density at radius 1 is 0.933 bits per heavy atom. The summed E-state index contributed by atoms with van der Waals surface area (Å²) in [5, 5.41) is 0. The summed E-state index contributed by atoms with van der Waals surface area (Å²) in [6.07, 6.45) is 13.2. The van der Waals surface area contributed by atoms with E-state index in [0.717, 1.165) is 53.3 Å². The summed E-state index contributed by atoms with van der Waals surface area (Å²) in [6.45, 7) is 23.4. The van der Waals surface area contributed by atoms with Crippen molar-refractivity contribution >= 4 is 0 Å². The molecule has 10 atom stereocenters. The Labute approximate surface area is 189 Å². The molecule has 0 N–H and O–H groups in total. The van der Waals surface area contributed by atoms with E-state index in [4.69, 9.17) is 0 Å². The summed E-state index contributed by atoms with van der Waals surface area (Å²) in [7, 11) is 0. The molecule has 174 valence electrons. The van der Waals surface area contributed by atoms with Crippen LogP contribution in [0.25, 0.3) is 0 Å². The lowest BCUT2D eigenvalue weighted by molar-refractivity contribution is -0.245. The second-order valence-electron chi connectivity index (χ2n) is 13.8. The fourth-order valence-corrected chi connectivity index (χ4v) is 11.0. The first-order chi connectivity index (χ1) is 14.1. The van der Waals surface area contributed by atoms with Gasteiger partial charge in [0.15, 0.2) is 0 Å². The van der Waals surface area contributed by atoms with Crippen molar-refractivity contribution < 1.29 is 0 Å². The number of unbranched alkanes of at least 4 members (excludes halogenated alkanes) is 4. The lowest BCUT2D eigenvalue weighted by Crippen LogP contribution is -2.67. The van der Waals surface area contributed by atoms with E-state index >= 15 is 0 Å². The van der Waals surface area contributed by atoms with Crippen LogP contribution in [-0.2, 0) is 0 Å². The molecule has 0 aromatic rings. The molecule has 0 aromatic heterocycles. The van der Waals surface area contributed by atoms with Crippen molar-refractivity contribution in [3.8, 4) is 0 Å². The van der Waals surface area contributed by atoms with E-state index in [1.54, 1.807) is 6.42 Å². The minimum atomic E-state index is 0.476. The van der Waals surface area contributed by atoms with Gasteiger partial charge in [-0.25, -0.2) is 0 Å². The molecule has 0 saturated heterocycles. The second-order valence-corrected chi connectivity index (χ2v) is 13.8. The first-order valence-corrected chi connectivity index (χ1v) is 14.1. The molecule has 30 heavy (non-hydrogen) atoms. The minimum Gasteiger partial charge on any atom is -0.0654 e. The van der Waals surface area contributed by atoms with Crippen LogP contribution in [0.15, 0.2) is 0 Å². The van der Waals surface area contributed by atoms with Crippen LogP contribution in [-0.4, -0.2) is 0 Å². The lowest BCUT2D eigenvalue weighted by Gasteiger charge is -2.72. The Hall–Kier alpha value is 0. The minimum absolute atomic E-state index is 0.476. The maximum Gasteiger partial charge on any atom is -0.0133 e. The molecular weight excluding hydrogens is 360 g/mol. The van der Waals surface area contributed by atoms with E-state index in [1.165, 1.54) is 51.4 Å². The van der Waals surface area contributed by atoms with E-state index in [1.807, 2.05) is 0 Å². The van der Waals surface area contributed by atoms with Gasteiger partial charge in [0.05, 0.1) is 0 Å². The van der Waals surface area contributed by atoms with Crippen LogP contribution in [0.4, 0.5) is 0 Å². The smallest absolute Gasteiger partial charge is 0.0133 e. The molecule has 0 spiro atoms. The molecule has 0 heteroatoms. The fraction of sp³-hybridized carbons (Fsp3) is 1.00. The van der Waals surface area contributed by atoms with Gasteiger partial charge in [0, 0.05) is 0 Å². The maximum atomic E-state index is 2.86. The van der Waals surface area contributed by atoms with Crippen LogP contribution in [0.5, 0.6) is 0 Å². The van der Waals surface area contributed by atoms with Crippen molar-refractivity contribution in [1.29, 1.82) is 0 Å². The molecule has 5 fully saturated rings. The largest absolute Gasteiger partial charge is 0.0654 e. The first-order valence-electron chi connectivity index (χ1n) is 14.1. The van der Waals surface area contributed by atoms with Crippen LogP contribution in [0, 0.1) is 69.5 Å². The van der Waals surface area contributed by atoms with Gasteiger partial charge in [-0.2, -0.15) is 0 Å². The summed E-state index contributed by atoms with van der Waals surface area (Å²) in [4.78, 5) is 0. The molecular formula is C30H54. The number of hydrogen-bond acceptors (Lipinski definition) is 0. The Morgan fingerprint density at radius 3 is 2.17 bits per heavy atom. The highest BCUT2D eigenvalue weighted by molar-refractivity contribution is 5.29. The molecule has 5 rings (SSSR count). The highest BCUT2D eigenvalue weighted by Crippen LogP contribution is 2.87. The van der Waals surface area contributed by atoms with Crippen molar-refractivity contribution in [2.45, 2.75) is 120 Å². The summed E-state index contributed by atoms with van der Waals surface area (Å²) < 4.78 is 0. The standard InChI is InChI=1S/C30H54/c1-10-12-13-14-15-16-29(9)27-23-18-22(26(23)25(27)21(6)19(3)4)24-17-20(5)30(24,29)28(7,8)11-2/h19-27H,10-18H2,1-9H3. The zero-order valence-electron chi connectivity index (χ0n) is 22.1. The molecule has 10 unspecified atom stereocenters. The summed E-state index contributed by atoms with van der Waals surface area (Å²) in [5.74, 6) is 9.00. The van der Waals surface area contributed by atoms with Gasteiger partial charge in [0.25, 0.3) is 0 Å². The highest BCUT2D eigenvalue weighted by Gasteiger charge is 2.81. The first kappa shape index (κ1) is 23.2. The average molecular weight is 415 g/mol. The van der Waals surface area contributed by atoms with Crippen molar-refractivity contribution in [2.24, 2.45) is 69.5 Å². The van der Waals surface area contributed by atoms with E-state index in [9.17, 15) is 0 Å². The molecule has 0 nitrogen and oxygen atoms in total. The zero-order valence-corrected chi connectivity index (χ0v) is 22.1. The summed E-state index contributed by atoms with van der Waals surface area (Å²) >= 11 is 0. The van der Waals surface area contributed by atoms with Crippen molar-refractivity contribution in [2.75, 3.05) is 0 Å². The van der Waals surface area contributed by atoms with E-state index in [2.05, 4.69) is 62.3 Å².